The maximum absolute atomic E-state index is 13.5. The van der Waals surface area contributed by atoms with Crippen LogP contribution in [0.25, 0.3) is 0 Å². The molecule has 2 aromatic rings. The molecule has 1 saturated carbocycles. The van der Waals surface area contributed by atoms with Gasteiger partial charge in [-0.05, 0) is 50.0 Å². The average molecular weight is 451 g/mol. The fourth-order valence-corrected chi connectivity index (χ4v) is 5.16. The molecule has 32 heavy (non-hydrogen) atoms. The van der Waals surface area contributed by atoms with E-state index in [1.165, 1.54) is 10.5 Å². The number of amides is 1. The van der Waals surface area contributed by atoms with Gasteiger partial charge in [0.1, 0.15) is 0 Å². The topological polar surface area (TPSA) is 78.5 Å². The van der Waals surface area contributed by atoms with E-state index in [0.29, 0.717) is 18.8 Å². The maximum Gasteiger partial charge on any atom is 0.419 e. The van der Waals surface area contributed by atoms with Gasteiger partial charge < -0.3 is 14.7 Å². The van der Waals surface area contributed by atoms with Gasteiger partial charge in [-0.15, -0.1) is 0 Å². The minimum absolute atomic E-state index is 0.0166. The van der Waals surface area contributed by atoms with Crippen LogP contribution in [0.2, 0.25) is 0 Å². The van der Waals surface area contributed by atoms with Gasteiger partial charge in [0.05, 0.1) is 36.2 Å². The summed E-state index contributed by atoms with van der Waals surface area (Å²) in [7, 11) is 0. The molecule has 1 aliphatic carbocycles. The Bertz CT molecular complexity index is 895. The molecule has 1 amide bonds. The number of rotatable bonds is 5. The molecule has 6 nitrogen and oxygen atoms in total. The number of ether oxygens (including phenoxy) is 1. The van der Waals surface area contributed by atoms with Gasteiger partial charge in [-0.3, -0.25) is 5.10 Å². The lowest BCUT2D eigenvalue weighted by molar-refractivity contribution is -0.138. The number of carboxylic acid groups (broad SMARTS) is 1. The van der Waals surface area contributed by atoms with Crippen molar-refractivity contribution in [2.75, 3.05) is 13.2 Å². The smallest absolute Gasteiger partial charge is 0.419 e. The number of hydrogen-bond acceptors (Lipinski definition) is 3. The first kappa shape index (κ1) is 22.6. The highest BCUT2D eigenvalue weighted by Gasteiger charge is 2.43. The highest BCUT2D eigenvalue weighted by Crippen LogP contribution is 2.40. The fourth-order valence-electron chi connectivity index (χ4n) is 5.16. The Kier molecular flexibility index (Phi) is 6.74. The third-order valence-corrected chi connectivity index (χ3v) is 6.82. The Labute approximate surface area is 184 Å². The van der Waals surface area contributed by atoms with Crippen molar-refractivity contribution in [2.45, 2.75) is 68.7 Å². The van der Waals surface area contributed by atoms with E-state index in [1.54, 1.807) is 0 Å². The van der Waals surface area contributed by atoms with E-state index in [1.807, 2.05) is 18.2 Å². The second kappa shape index (κ2) is 9.52. The molecule has 2 aliphatic rings. The Morgan fingerprint density at radius 3 is 2.53 bits per heavy atom. The van der Waals surface area contributed by atoms with E-state index < -0.39 is 29.8 Å². The van der Waals surface area contributed by atoms with Gasteiger partial charge in [0.2, 0.25) is 0 Å². The zero-order chi connectivity index (χ0) is 22.7. The number of likely N-dealkylation sites (tertiary alicyclic amines) is 1. The van der Waals surface area contributed by atoms with Crippen LogP contribution in [0, 0.1) is 0 Å². The molecule has 1 aromatic heterocycles. The van der Waals surface area contributed by atoms with Crippen molar-refractivity contribution in [1.29, 1.82) is 0 Å². The normalized spacial score (nSPS) is 26.8. The quantitative estimate of drug-likeness (QED) is 0.638. The lowest BCUT2D eigenvalue weighted by atomic mass is 9.82. The van der Waals surface area contributed by atoms with Crippen LogP contribution in [-0.2, 0) is 10.9 Å². The maximum atomic E-state index is 13.5. The molecule has 1 aliphatic heterocycles. The van der Waals surface area contributed by atoms with Crippen molar-refractivity contribution < 1.29 is 27.8 Å². The van der Waals surface area contributed by atoms with E-state index in [0.717, 1.165) is 31.9 Å². The standard InChI is InChI=1S/C23H28F3N3O3/c24-23(25,26)19-13-27-28-21(19)18-7-4-12-29(22(30)31)20(18)14-32-17-10-8-16(9-11-17)15-5-2-1-3-6-15/h1-3,5-6,13,16-18,20H,4,7-12,14H2,(H,27,28)(H,30,31)/t16-,17+,18-,20-/m0/s1. The first-order chi connectivity index (χ1) is 15.3. The lowest BCUT2D eigenvalue weighted by Gasteiger charge is -2.40. The first-order valence-electron chi connectivity index (χ1n) is 11.1. The Morgan fingerprint density at radius 2 is 1.88 bits per heavy atom. The van der Waals surface area contributed by atoms with E-state index in [4.69, 9.17) is 4.74 Å². The van der Waals surface area contributed by atoms with Crippen molar-refractivity contribution in [3.8, 4) is 0 Å². The number of nitrogens with one attached hydrogen (secondary N) is 1. The predicted octanol–water partition coefficient (Wildman–Crippen LogP) is 5.40. The number of halogens is 3. The van der Waals surface area contributed by atoms with Gasteiger partial charge in [-0.25, -0.2) is 4.79 Å². The van der Waals surface area contributed by atoms with E-state index in [2.05, 4.69) is 22.3 Å². The number of benzene rings is 1. The molecule has 2 heterocycles. The van der Waals surface area contributed by atoms with Crippen molar-refractivity contribution >= 4 is 6.09 Å². The first-order valence-corrected chi connectivity index (χ1v) is 11.1. The van der Waals surface area contributed by atoms with E-state index in [-0.39, 0.29) is 24.9 Å². The summed E-state index contributed by atoms with van der Waals surface area (Å²) in [5.41, 5.74) is 0.433. The second-order valence-corrected chi connectivity index (χ2v) is 8.70. The van der Waals surface area contributed by atoms with Crippen LogP contribution in [0.1, 0.15) is 67.2 Å². The summed E-state index contributed by atoms with van der Waals surface area (Å²) in [5.74, 6) is -0.159. The third-order valence-electron chi connectivity index (χ3n) is 6.82. The third kappa shape index (κ3) is 4.92. The Morgan fingerprint density at radius 1 is 1.16 bits per heavy atom. The van der Waals surface area contributed by atoms with E-state index >= 15 is 0 Å². The number of H-pyrrole nitrogens is 1. The molecule has 2 N–H and O–H groups in total. The molecule has 4 rings (SSSR count). The van der Waals surface area contributed by atoms with Gasteiger partial charge in [0.25, 0.3) is 0 Å². The molecule has 1 saturated heterocycles. The molecule has 0 spiro atoms. The van der Waals surface area contributed by atoms with Gasteiger partial charge in [-0.2, -0.15) is 18.3 Å². The van der Waals surface area contributed by atoms with Gasteiger partial charge in [-0.1, -0.05) is 30.3 Å². The van der Waals surface area contributed by atoms with Crippen LogP contribution in [0.15, 0.2) is 36.5 Å². The molecule has 0 radical (unpaired) electrons. The summed E-state index contributed by atoms with van der Waals surface area (Å²) in [6.45, 7) is 0.365. The highest BCUT2D eigenvalue weighted by molar-refractivity contribution is 5.66. The summed E-state index contributed by atoms with van der Waals surface area (Å²) in [6, 6.07) is 9.64. The minimum atomic E-state index is -4.55. The van der Waals surface area contributed by atoms with E-state index in [9.17, 15) is 23.1 Å². The molecule has 9 heteroatoms. The number of hydrogen-bond donors (Lipinski definition) is 2. The minimum Gasteiger partial charge on any atom is -0.465 e. The zero-order valence-electron chi connectivity index (χ0n) is 17.7. The van der Waals surface area contributed by atoms with Crippen LogP contribution in [0.4, 0.5) is 18.0 Å². The molecular weight excluding hydrogens is 423 g/mol. The summed E-state index contributed by atoms with van der Waals surface area (Å²) in [6.07, 6.45) is -0.331. The second-order valence-electron chi connectivity index (χ2n) is 8.70. The predicted molar refractivity (Wildman–Crippen MR) is 111 cm³/mol. The molecule has 1 aromatic carbocycles. The summed E-state index contributed by atoms with van der Waals surface area (Å²) in [5, 5.41) is 15.8. The van der Waals surface area contributed by atoms with Crippen molar-refractivity contribution in [3.63, 3.8) is 0 Å². The zero-order valence-corrected chi connectivity index (χ0v) is 17.7. The van der Waals surface area contributed by atoms with Crippen LogP contribution in [0.3, 0.4) is 0 Å². The van der Waals surface area contributed by atoms with Gasteiger partial charge in [0, 0.05) is 12.5 Å². The summed E-state index contributed by atoms with van der Waals surface area (Å²) >= 11 is 0. The SMILES string of the molecule is O=C(O)N1CCC[C@H](c2[nH]ncc2C(F)(F)F)[C@@H]1CO[C@H]1CC[C@@H](c2ccccc2)CC1. The van der Waals surface area contributed by atoms with Crippen molar-refractivity contribution in [1.82, 2.24) is 15.1 Å². The molecule has 0 bridgehead atoms. The largest absolute Gasteiger partial charge is 0.465 e. The molecular formula is C23H28F3N3O3. The van der Waals surface area contributed by atoms with Crippen LogP contribution in [0.5, 0.6) is 0 Å². The van der Waals surface area contributed by atoms with Crippen molar-refractivity contribution in [3.05, 3.63) is 53.3 Å². The van der Waals surface area contributed by atoms with Gasteiger partial charge in [0.15, 0.2) is 0 Å². The number of aromatic nitrogens is 2. The number of carbonyl (C=O) groups is 1. The highest BCUT2D eigenvalue weighted by atomic mass is 19.4. The number of aromatic amines is 1. The van der Waals surface area contributed by atoms with Crippen molar-refractivity contribution in [2.24, 2.45) is 0 Å². The average Bonchev–Trinajstić information content (AvgIpc) is 3.29. The van der Waals surface area contributed by atoms with Crippen LogP contribution >= 0.6 is 0 Å². The Balaban J connectivity index is 1.44. The van der Waals surface area contributed by atoms with Gasteiger partial charge >= 0.3 is 12.3 Å². The van der Waals surface area contributed by atoms with Crippen LogP contribution < -0.4 is 0 Å². The summed E-state index contributed by atoms with van der Waals surface area (Å²) < 4.78 is 46.5. The van der Waals surface area contributed by atoms with Crippen LogP contribution in [-0.4, -0.2) is 51.6 Å². The molecule has 2 fully saturated rings. The number of nitrogens with zero attached hydrogens (tertiary/aromatic N) is 2. The molecule has 0 unspecified atom stereocenters. The number of alkyl halides is 3. The molecule has 174 valence electrons. The number of piperidine rings is 1. The summed E-state index contributed by atoms with van der Waals surface area (Å²) in [4.78, 5) is 13.1. The fraction of sp³-hybridized carbons (Fsp3) is 0.565. The lowest BCUT2D eigenvalue weighted by Crippen LogP contribution is -2.50. The monoisotopic (exact) mass is 451 g/mol. The Hall–Kier alpha value is -2.55. The molecule has 2 atom stereocenters.